The Balaban J connectivity index is 1.66. The van der Waals surface area contributed by atoms with Crippen molar-refractivity contribution in [2.24, 2.45) is 28.6 Å². The van der Waals surface area contributed by atoms with Gasteiger partial charge in [-0.15, -0.1) is 0 Å². The summed E-state index contributed by atoms with van der Waals surface area (Å²) >= 11 is 0. The highest BCUT2D eigenvalue weighted by Gasteiger charge is 2.67. The van der Waals surface area contributed by atoms with Gasteiger partial charge in [0.2, 0.25) is 0 Å². The Morgan fingerprint density at radius 2 is 1.78 bits per heavy atom. The smallest absolute Gasteiger partial charge is 0.306 e. The number of hydrogen-bond acceptors (Lipinski definition) is 4. The zero-order valence-electron chi connectivity index (χ0n) is 20.7. The maximum absolute atomic E-state index is 13.1. The van der Waals surface area contributed by atoms with E-state index in [9.17, 15) is 14.7 Å². The largest absolute Gasteiger partial charge is 0.450 e. The number of aliphatic hydroxyl groups is 1. The summed E-state index contributed by atoms with van der Waals surface area (Å²) in [5.74, 6) is 1.08. The van der Waals surface area contributed by atoms with Crippen LogP contribution in [0, 0.1) is 28.6 Å². The first kappa shape index (κ1) is 23.7. The third-order valence-electron chi connectivity index (χ3n) is 9.91. The summed E-state index contributed by atoms with van der Waals surface area (Å²) in [5.41, 5.74) is 1.41. The average molecular weight is 443 g/mol. The molecule has 1 N–H and O–H groups in total. The maximum Gasteiger partial charge on any atom is 0.306 e. The molecule has 0 aromatic rings. The van der Waals surface area contributed by atoms with Crippen molar-refractivity contribution < 1.29 is 19.4 Å². The molecule has 0 aliphatic heterocycles. The van der Waals surface area contributed by atoms with Crippen molar-refractivity contribution in [2.75, 3.05) is 0 Å². The quantitative estimate of drug-likeness (QED) is 0.409. The molecule has 0 saturated heterocycles. The van der Waals surface area contributed by atoms with E-state index in [-0.39, 0.29) is 28.7 Å². The first-order valence-electron chi connectivity index (χ1n) is 12.9. The molecule has 0 unspecified atom stereocenters. The van der Waals surface area contributed by atoms with Crippen LogP contribution < -0.4 is 0 Å². The fraction of sp³-hybridized carbons (Fsp3) is 0.786. The van der Waals surface area contributed by atoms with Crippen molar-refractivity contribution in [3.63, 3.8) is 0 Å². The second-order valence-corrected chi connectivity index (χ2v) is 11.6. The number of carbonyl (C=O) groups is 2. The molecule has 7 atom stereocenters. The van der Waals surface area contributed by atoms with Crippen LogP contribution in [0.15, 0.2) is 23.3 Å². The molecule has 178 valence electrons. The van der Waals surface area contributed by atoms with Crippen molar-refractivity contribution in [2.45, 2.75) is 111 Å². The molecule has 0 aromatic heterocycles. The molecule has 32 heavy (non-hydrogen) atoms. The Morgan fingerprint density at radius 1 is 1.06 bits per heavy atom. The number of aliphatic hydroxyl groups excluding tert-OH is 1. The van der Waals surface area contributed by atoms with Crippen LogP contribution in [0.25, 0.3) is 0 Å². The molecule has 0 aromatic carbocycles. The summed E-state index contributed by atoms with van der Waals surface area (Å²) in [5, 5.41) is 10.3. The Hall–Kier alpha value is -1.42. The van der Waals surface area contributed by atoms with Crippen LogP contribution in [0.4, 0.5) is 0 Å². The summed E-state index contributed by atoms with van der Waals surface area (Å²) < 4.78 is 6.18. The molecule has 0 amide bonds. The normalized spacial score (nSPS) is 42.8. The molecule has 4 rings (SSSR count). The summed E-state index contributed by atoms with van der Waals surface area (Å²) in [7, 11) is 0. The maximum atomic E-state index is 13.1. The lowest BCUT2D eigenvalue weighted by Gasteiger charge is -2.58. The van der Waals surface area contributed by atoms with Crippen LogP contribution in [0.1, 0.15) is 98.8 Å². The highest BCUT2D eigenvalue weighted by molar-refractivity contribution is 5.89. The third kappa shape index (κ3) is 3.43. The fourth-order valence-corrected chi connectivity index (χ4v) is 8.15. The Morgan fingerprint density at radius 3 is 2.47 bits per heavy atom. The minimum atomic E-state index is -0.979. The van der Waals surface area contributed by atoms with Crippen LogP contribution >= 0.6 is 0 Å². The summed E-state index contributed by atoms with van der Waals surface area (Å²) in [6.07, 6.45) is 12.9. The number of unbranched alkanes of at least 4 members (excludes halogenated alkanes) is 2. The summed E-state index contributed by atoms with van der Waals surface area (Å²) in [6.45, 7) is 10.6. The molecule has 0 spiro atoms. The third-order valence-corrected chi connectivity index (χ3v) is 9.91. The number of esters is 1. The monoisotopic (exact) mass is 442 g/mol. The summed E-state index contributed by atoms with van der Waals surface area (Å²) in [4.78, 5) is 25.9. The Kier molecular flexibility index (Phi) is 6.24. The molecule has 4 nitrogen and oxygen atoms in total. The van der Waals surface area contributed by atoms with Gasteiger partial charge in [0.1, 0.15) is 0 Å². The molecule has 4 aliphatic rings. The second-order valence-electron chi connectivity index (χ2n) is 11.6. The van der Waals surface area contributed by atoms with Crippen LogP contribution in [0.5, 0.6) is 0 Å². The number of carbonyl (C=O) groups excluding carboxylic acids is 2. The SMILES string of the molecule is CCCCCC(=O)O[C@]1(C(C)=O)CC[C@@H]2[C@@H]3C=C(C)C4=C[C@H](O)CC[C@]4(C)[C@H]3CC[C@@]21C. The number of Topliss-reactive ketones (excluding diaryl/α,β-unsaturated/α-hetero) is 1. The van der Waals surface area contributed by atoms with Crippen LogP contribution in [-0.2, 0) is 14.3 Å². The van der Waals surface area contributed by atoms with Gasteiger partial charge in [0.05, 0.1) is 6.10 Å². The van der Waals surface area contributed by atoms with E-state index in [2.05, 4.69) is 39.8 Å². The average Bonchev–Trinajstić information content (AvgIpc) is 3.03. The lowest BCUT2D eigenvalue weighted by atomic mass is 9.47. The van der Waals surface area contributed by atoms with Gasteiger partial charge in [0.25, 0.3) is 0 Å². The topological polar surface area (TPSA) is 63.6 Å². The van der Waals surface area contributed by atoms with Crippen molar-refractivity contribution in [3.8, 4) is 0 Å². The van der Waals surface area contributed by atoms with Crippen molar-refractivity contribution in [1.29, 1.82) is 0 Å². The van der Waals surface area contributed by atoms with E-state index in [0.717, 1.165) is 51.4 Å². The number of rotatable bonds is 6. The number of ether oxygens (including phenoxy) is 1. The van der Waals surface area contributed by atoms with Crippen molar-refractivity contribution >= 4 is 11.8 Å². The molecule has 0 bridgehead atoms. The molecule has 0 heterocycles. The highest BCUT2D eigenvalue weighted by Crippen LogP contribution is 2.68. The van der Waals surface area contributed by atoms with Crippen LogP contribution in [-0.4, -0.2) is 28.6 Å². The van der Waals surface area contributed by atoms with E-state index in [0.29, 0.717) is 30.6 Å². The van der Waals surface area contributed by atoms with Gasteiger partial charge in [0.15, 0.2) is 11.4 Å². The Bertz CT molecular complexity index is 840. The first-order chi connectivity index (χ1) is 15.1. The molecule has 2 fully saturated rings. The van der Waals surface area contributed by atoms with E-state index in [1.807, 2.05) is 0 Å². The lowest BCUT2D eigenvalue weighted by molar-refractivity contribution is -0.187. The standard InChI is InChI=1S/C28H42O4/c1-6-7-8-9-25(31)32-28(19(3)29)15-12-23-21-16-18(2)24-17-20(30)10-13-26(24,4)22(21)11-14-27(23,28)5/h16-17,20-23,30H,6-15H2,1-5H3/t20-,21-,22+,23-,26-,27+,28+/m1/s1. The van der Waals surface area contributed by atoms with Gasteiger partial charge in [-0.3, -0.25) is 9.59 Å². The zero-order chi connectivity index (χ0) is 23.3. The van der Waals surface area contributed by atoms with Crippen molar-refractivity contribution in [1.82, 2.24) is 0 Å². The predicted molar refractivity (Wildman–Crippen MR) is 126 cm³/mol. The van der Waals surface area contributed by atoms with Gasteiger partial charge in [-0.2, -0.15) is 0 Å². The number of allylic oxidation sites excluding steroid dienone is 3. The van der Waals surface area contributed by atoms with E-state index in [4.69, 9.17) is 4.74 Å². The van der Waals surface area contributed by atoms with E-state index < -0.39 is 5.60 Å². The number of fused-ring (bicyclic) bond motifs is 5. The molecule has 0 radical (unpaired) electrons. The first-order valence-corrected chi connectivity index (χ1v) is 12.9. The summed E-state index contributed by atoms with van der Waals surface area (Å²) in [6, 6.07) is 0. The highest BCUT2D eigenvalue weighted by atomic mass is 16.6. The van der Waals surface area contributed by atoms with E-state index in [1.54, 1.807) is 6.92 Å². The zero-order valence-corrected chi connectivity index (χ0v) is 20.7. The van der Waals surface area contributed by atoms with Crippen LogP contribution in [0.3, 0.4) is 0 Å². The second kappa shape index (κ2) is 8.42. The predicted octanol–water partition coefficient (Wildman–Crippen LogP) is 5.93. The minimum absolute atomic E-state index is 0.0221. The molecular formula is C28H42O4. The minimum Gasteiger partial charge on any atom is -0.450 e. The van der Waals surface area contributed by atoms with Crippen molar-refractivity contribution in [3.05, 3.63) is 23.3 Å². The van der Waals surface area contributed by atoms with E-state index >= 15 is 0 Å². The van der Waals surface area contributed by atoms with Gasteiger partial charge in [0, 0.05) is 11.8 Å². The van der Waals surface area contributed by atoms with Gasteiger partial charge < -0.3 is 9.84 Å². The Labute approximate surface area is 193 Å². The van der Waals surface area contributed by atoms with E-state index in [1.165, 1.54) is 11.1 Å². The lowest BCUT2D eigenvalue weighted by Crippen LogP contribution is -2.58. The number of ketones is 1. The fourth-order valence-electron chi connectivity index (χ4n) is 8.15. The van der Waals surface area contributed by atoms with Gasteiger partial charge in [-0.25, -0.2) is 0 Å². The van der Waals surface area contributed by atoms with Gasteiger partial charge >= 0.3 is 5.97 Å². The number of hydrogen-bond donors (Lipinski definition) is 1. The molecular weight excluding hydrogens is 400 g/mol. The molecule has 4 aliphatic carbocycles. The van der Waals surface area contributed by atoms with Gasteiger partial charge in [-0.05, 0) is 87.5 Å². The van der Waals surface area contributed by atoms with Crippen LogP contribution in [0.2, 0.25) is 0 Å². The molecule has 4 heteroatoms. The van der Waals surface area contributed by atoms with Gasteiger partial charge in [-0.1, -0.05) is 51.3 Å². The molecule has 2 saturated carbocycles.